The summed E-state index contributed by atoms with van der Waals surface area (Å²) in [5, 5.41) is 8.07. The first-order valence-electron chi connectivity index (χ1n) is 15.5. The zero-order valence-electron chi connectivity index (χ0n) is 24.7. The van der Waals surface area contributed by atoms with E-state index in [1.165, 1.54) is 21.5 Å². The van der Waals surface area contributed by atoms with E-state index in [1.807, 2.05) is 24.3 Å². The van der Waals surface area contributed by atoms with Gasteiger partial charge in [-0.2, -0.15) is 0 Å². The van der Waals surface area contributed by atoms with Gasteiger partial charge in [0.25, 0.3) is 0 Å². The number of furan rings is 1. The van der Waals surface area contributed by atoms with E-state index >= 15 is 0 Å². The molecule has 0 spiro atoms. The molecule has 0 saturated carbocycles. The summed E-state index contributed by atoms with van der Waals surface area (Å²) in [6.45, 7) is 0. The Hall–Kier alpha value is -6.26. The lowest BCUT2D eigenvalue weighted by molar-refractivity contribution is 0.669. The summed E-state index contributed by atoms with van der Waals surface area (Å²) >= 11 is 0. The normalized spacial score (nSPS) is 11.9. The SMILES string of the molecule is c1ccc(-c2nc(-n3c4ccc(-c5ccc6oc7ccccc7c6c5)cc4c4c5ccccc5ccc43)nc3ccccc23)cc1. The van der Waals surface area contributed by atoms with Crippen LogP contribution < -0.4 is 0 Å². The monoisotopic (exact) mass is 587 g/mol. The summed E-state index contributed by atoms with van der Waals surface area (Å²) in [6.07, 6.45) is 0. The van der Waals surface area contributed by atoms with Crippen LogP contribution in [0.4, 0.5) is 0 Å². The molecule has 0 bridgehead atoms. The lowest BCUT2D eigenvalue weighted by Gasteiger charge is -2.12. The fourth-order valence-electron chi connectivity index (χ4n) is 7.07. The Morgan fingerprint density at radius 1 is 0.435 bits per heavy atom. The fourth-order valence-corrected chi connectivity index (χ4v) is 7.07. The third-order valence-corrected chi connectivity index (χ3v) is 9.20. The summed E-state index contributed by atoms with van der Waals surface area (Å²) in [4.78, 5) is 10.4. The van der Waals surface area contributed by atoms with Crippen molar-refractivity contribution in [2.24, 2.45) is 0 Å². The highest BCUT2D eigenvalue weighted by atomic mass is 16.3. The van der Waals surface area contributed by atoms with Crippen molar-refractivity contribution in [2.75, 3.05) is 0 Å². The maximum Gasteiger partial charge on any atom is 0.235 e. The van der Waals surface area contributed by atoms with Crippen LogP contribution in [0.15, 0.2) is 156 Å². The summed E-state index contributed by atoms with van der Waals surface area (Å²) in [7, 11) is 0. The van der Waals surface area contributed by atoms with Crippen molar-refractivity contribution in [2.45, 2.75) is 0 Å². The molecule has 10 rings (SSSR count). The molecule has 46 heavy (non-hydrogen) atoms. The average molecular weight is 588 g/mol. The molecule has 7 aromatic carbocycles. The van der Waals surface area contributed by atoms with Crippen LogP contribution in [0, 0.1) is 0 Å². The second-order valence-electron chi connectivity index (χ2n) is 11.8. The molecule has 3 aromatic heterocycles. The number of aromatic nitrogens is 3. The molecule has 0 atom stereocenters. The van der Waals surface area contributed by atoms with Crippen LogP contribution in [0.3, 0.4) is 0 Å². The second kappa shape index (κ2) is 9.62. The highest BCUT2D eigenvalue weighted by Gasteiger charge is 2.19. The molecule has 0 amide bonds. The van der Waals surface area contributed by atoms with Crippen LogP contribution in [0.2, 0.25) is 0 Å². The third kappa shape index (κ3) is 3.67. The number of nitrogens with zero attached hydrogens (tertiary/aromatic N) is 3. The first kappa shape index (κ1) is 25.1. The Labute approximate surface area is 263 Å². The van der Waals surface area contributed by atoms with Crippen LogP contribution in [0.25, 0.3) is 93.8 Å². The van der Waals surface area contributed by atoms with Gasteiger partial charge in [-0.25, -0.2) is 9.97 Å². The van der Waals surface area contributed by atoms with Crippen molar-refractivity contribution in [3.8, 4) is 28.3 Å². The van der Waals surface area contributed by atoms with E-state index in [9.17, 15) is 0 Å². The average Bonchev–Trinajstić information content (AvgIpc) is 3.66. The van der Waals surface area contributed by atoms with Gasteiger partial charge in [-0.1, -0.05) is 109 Å². The summed E-state index contributed by atoms with van der Waals surface area (Å²) in [5.41, 5.74) is 9.16. The molecule has 0 aliphatic heterocycles. The summed E-state index contributed by atoms with van der Waals surface area (Å²) in [6, 6.07) is 53.2. The lowest BCUT2D eigenvalue weighted by atomic mass is 9.99. The van der Waals surface area contributed by atoms with Crippen LogP contribution in [0.5, 0.6) is 0 Å². The van der Waals surface area contributed by atoms with E-state index in [1.54, 1.807) is 0 Å². The lowest BCUT2D eigenvalue weighted by Crippen LogP contribution is -2.03. The number of fused-ring (bicyclic) bond motifs is 9. The Morgan fingerprint density at radius 3 is 2.00 bits per heavy atom. The van der Waals surface area contributed by atoms with Crippen LogP contribution in [-0.2, 0) is 0 Å². The molecule has 3 heterocycles. The molecule has 0 aliphatic carbocycles. The number of rotatable bonds is 3. The number of para-hydroxylation sites is 2. The van der Waals surface area contributed by atoms with Gasteiger partial charge in [0, 0.05) is 32.5 Å². The highest BCUT2D eigenvalue weighted by Crippen LogP contribution is 2.40. The van der Waals surface area contributed by atoms with Gasteiger partial charge in [-0.15, -0.1) is 0 Å². The zero-order chi connectivity index (χ0) is 30.2. The standard InChI is InChI=1S/C42H25N3O/c1-2-11-27(12-3-1)41-32-15-6-8-16-35(32)43-42(44-41)45-36-21-19-28(25-34(36)40-30-13-5-4-10-26(30)18-22-37(40)45)29-20-23-39-33(24-29)31-14-7-9-17-38(31)46-39/h1-25H. The molecule has 0 saturated heterocycles. The highest BCUT2D eigenvalue weighted by molar-refractivity contribution is 6.22. The van der Waals surface area contributed by atoms with Gasteiger partial charge >= 0.3 is 0 Å². The minimum Gasteiger partial charge on any atom is -0.456 e. The molecule has 214 valence electrons. The maximum absolute atomic E-state index is 6.13. The maximum atomic E-state index is 6.13. The Kier molecular flexibility index (Phi) is 5.25. The van der Waals surface area contributed by atoms with Gasteiger partial charge in [0.1, 0.15) is 11.2 Å². The molecule has 0 radical (unpaired) electrons. The third-order valence-electron chi connectivity index (χ3n) is 9.20. The quantitative estimate of drug-likeness (QED) is 0.207. The van der Waals surface area contributed by atoms with E-state index in [0.29, 0.717) is 5.95 Å². The molecular formula is C42H25N3O. The van der Waals surface area contributed by atoms with Crippen molar-refractivity contribution in [1.29, 1.82) is 0 Å². The minimum atomic E-state index is 0.659. The van der Waals surface area contributed by atoms with Crippen LogP contribution in [-0.4, -0.2) is 14.5 Å². The predicted molar refractivity (Wildman–Crippen MR) is 190 cm³/mol. The minimum absolute atomic E-state index is 0.659. The molecule has 0 unspecified atom stereocenters. The Morgan fingerprint density at radius 2 is 1.11 bits per heavy atom. The van der Waals surface area contributed by atoms with Gasteiger partial charge < -0.3 is 4.42 Å². The number of hydrogen-bond donors (Lipinski definition) is 0. The van der Waals surface area contributed by atoms with Crippen molar-refractivity contribution in [1.82, 2.24) is 14.5 Å². The van der Waals surface area contributed by atoms with Gasteiger partial charge in [0.15, 0.2) is 0 Å². The van der Waals surface area contributed by atoms with Crippen molar-refractivity contribution in [3.05, 3.63) is 152 Å². The van der Waals surface area contributed by atoms with Gasteiger partial charge in [0.05, 0.1) is 22.2 Å². The molecular weight excluding hydrogens is 562 g/mol. The Balaban J connectivity index is 1.27. The largest absolute Gasteiger partial charge is 0.456 e. The molecule has 0 fully saturated rings. The van der Waals surface area contributed by atoms with Gasteiger partial charge in [-0.05, 0) is 64.4 Å². The molecule has 0 aliphatic rings. The van der Waals surface area contributed by atoms with E-state index in [-0.39, 0.29) is 0 Å². The van der Waals surface area contributed by atoms with E-state index in [0.717, 1.165) is 66.3 Å². The van der Waals surface area contributed by atoms with Crippen molar-refractivity contribution < 1.29 is 4.42 Å². The van der Waals surface area contributed by atoms with Gasteiger partial charge in [-0.3, -0.25) is 4.57 Å². The topological polar surface area (TPSA) is 43.9 Å². The smallest absolute Gasteiger partial charge is 0.235 e. The Bertz CT molecular complexity index is 2810. The van der Waals surface area contributed by atoms with E-state index < -0.39 is 0 Å². The van der Waals surface area contributed by atoms with Crippen LogP contribution >= 0.6 is 0 Å². The molecule has 10 aromatic rings. The first-order valence-corrected chi connectivity index (χ1v) is 15.5. The van der Waals surface area contributed by atoms with Crippen molar-refractivity contribution in [3.63, 3.8) is 0 Å². The summed E-state index contributed by atoms with van der Waals surface area (Å²) < 4.78 is 8.36. The van der Waals surface area contributed by atoms with Crippen molar-refractivity contribution >= 4 is 65.4 Å². The number of hydrogen-bond acceptors (Lipinski definition) is 3. The molecule has 4 heteroatoms. The predicted octanol–water partition coefficient (Wildman–Crippen LogP) is 11.1. The van der Waals surface area contributed by atoms with E-state index in [2.05, 4.69) is 132 Å². The first-order chi connectivity index (χ1) is 22.8. The van der Waals surface area contributed by atoms with Gasteiger partial charge in [0.2, 0.25) is 5.95 Å². The molecule has 4 nitrogen and oxygen atoms in total. The van der Waals surface area contributed by atoms with E-state index in [4.69, 9.17) is 14.4 Å². The summed E-state index contributed by atoms with van der Waals surface area (Å²) in [5.74, 6) is 0.659. The second-order valence-corrected chi connectivity index (χ2v) is 11.8. The fraction of sp³-hybridized carbons (Fsp3) is 0. The number of benzene rings is 7. The zero-order valence-corrected chi connectivity index (χ0v) is 24.7. The molecule has 0 N–H and O–H groups in total. The van der Waals surface area contributed by atoms with Crippen LogP contribution in [0.1, 0.15) is 0 Å².